The molecule has 1 saturated heterocycles. The highest BCUT2D eigenvalue weighted by atomic mass is 16.4. The smallest absolute Gasteiger partial charge is 0.348 e. The Labute approximate surface area is 256 Å². The first-order valence-electron chi connectivity index (χ1n) is 15.5. The van der Waals surface area contributed by atoms with Crippen molar-refractivity contribution < 1.29 is 14.0 Å². The molecule has 7 heteroatoms. The Hall–Kier alpha value is -4.91. The molecular weight excluding hydrogens is 550 g/mol. The number of para-hydroxylation sites is 1. The van der Waals surface area contributed by atoms with E-state index in [1.54, 1.807) is 12.1 Å². The summed E-state index contributed by atoms with van der Waals surface area (Å²) in [4.78, 5) is 42.1. The highest BCUT2D eigenvalue weighted by molar-refractivity contribution is 6.10. The van der Waals surface area contributed by atoms with E-state index in [2.05, 4.69) is 35.9 Å². The summed E-state index contributed by atoms with van der Waals surface area (Å²) < 4.78 is 7.78. The summed E-state index contributed by atoms with van der Waals surface area (Å²) >= 11 is 0. The van der Waals surface area contributed by atoms with Crippen molar-refractivity contribution in [2.24, 2.45) is 0 Å². The Bertz CT molecular complexity index is 1920. The Balaban J connectivity index is 1.30. The van der Waals surface area contributed by atoms with E-state index in [0.29, 0.717) is 24.3 Å². The Kier molecular flexibility index (Phi) is 8.46. The number of carbonyl (C=O) groups is 2. The van der Waals surface area contributed by atoms with Crippen LogP contribution in [0, 0.1) is 0 Å². The Morgan fingerprint density at radius 2 is 1.68 bits per heavy atom. The summed E-state index contributed by atoms with van der Waals surface area (Å²) in [5, 5.41) is 5.25. The van der Waals surface area contributed by atoms with Gasteiger partial charge in [0.15, 0.2) is 0 Å². The van der Waals surface area contributed by atoms with Gasteiger partial charge in [0.25, 0.3) is 5.91 Å². The molecule has 5 aromatic rings. The number of aryl methyl sites for hydroxylation is 2. The number of hydrogen-bond donors (Lipinski definition) is 1. The number of amides is 2. The third kappa shape index (κ3) is 5.82. The van der Waals surface area contributed by atoms with Gasteiger partial charge in [-0.25, -0.2) is 4.79 Å². The SMILES string of the molecule is CCCCCc1ccc(C(=O)N2C/C(=C/c3ccccc3)C[C@H]2C(=O)Nc2ccc3c(c2)c2ccccc2n3CC)c(=O)o1. The molecule has 3 aromatic carbocycles. The normalized spacial score (nSPS) is 15.8. The third-order valence-electron chi connectivity index (χ3n) is 8.43. The Morgan fingerprint density at radius 3 is 2.45 bits per heavy atom. The Morgan fingerprint density at radius 1 is 0.909 bits per heavy atom. The monoisotopic (exact) mass is 587 g/mol. The van der Waals surface area contributed by atoms with Crippen LogP contribution in [0.1, 0.15) is 61.2 Å². The van der Waals surface area contributed by atoms with Crippen molar-refractivity contribution in [2.45, 2.75) is 58.5 Å². The van der Waals surface area contributed by atoms with E-state index in [4.69, 9.17) is 4.42 Å². The van der Waals surface area contributed by atoms with E-state index in [0.717, 1.165) is 58.7 Å². The zero-order chi connectivity index (χ0) is 30.6. The zero-order valence-corrected chi connectivity index (χ0v) is 25.2. The number of likely N-dealkylation sites (tertiary alicyclic amines) is 1. The van der Waals surface area contributed by atoms with Gasteiger partial charge in [-0.2, -0.15) is 0 Å². The quantitative estimate of drug-likeness (QED) is 0.182. The molecule has 1 aliphatic heterocycles. The molecule has 0 radical (unpaired) electrons. The van der Waals surface area contributed by atoms with Crippen molar-refractivity contribution in [1.29, 1.82) is 0 Å². The van der Waals surface area contributed by atoms with E-state index in [1.165, 1.54) is 4.90 Å². The number of nitrogens with zero attached hydrogens (tertiary/aromatic N) is 2. The van der Waals surface area contributed by atoms with Gasteiger partial charge in [-0.3, -0.25) is 9.59 Å². The maximum absolute atomic E-state index is 13.9. The maximum Gasteiger partial charge on any atom is 0.348 e. The summed E-state index contributed by atoms with van der Waals surface area (Å²) in [6.45, 7) is 5.31. The lowest BCUT2D eigenvalue weighted by molar-refractivity contribution is -0.119. The molecule has 1 fully saturated rings. The molecule has 7 nitrogen and oxygen atoms in total. The van der Waals surface area contributed by atoms with Gasteiger partial charge in [0, 0.05) is 47.0 Å². The molecule has 2 amide bonds. The lowest BCUT2D eigenvalue weighted by atomic mass is 10.1. The zero-order valence-electron chi connectivity index (χ0n) is 25.2. The van der Waals surface area contributed by atoms with Crippen LogP contribution in [0.3, 0.4) is 0 Å². The van der Waals surface area contributed by atoms with E-state index in [1.807, 2.05) is 66.7 Å². The molecule has 0 aliphatic carbocycles. The second kappa shape index (κ2) is 12.8. The first kappa shape index (κ1) is 29.2. The van der Waals surface area contributed by atoms with Crippen molar-refractivity contribution in [3.05, 3.63) is 118 Å². The molecule has 1 aliphatic rings. The number of rotatable bonds is 9. The van der Waals surface area contributed by atoms with Crippen LogP contribution in [-0.4, -0.2) is 33.9 Å². The van der Waals surface area contributed by atoms with Crippen LogP contribution in [-0.2, 0) is 17.8 Å². The van der Waals surface area contributed by atoms with Crippen LogP contribution < -0.4 is 10.9 Å². The number of hydrogen-bond acceptors (Lipinski definition) is 4. The number of fused-ring (bicyclic) bond motifs is 3. The number of unbranched alkanes of at least 4 members (excludes halogenated alkanes) is 2. The fourth-order valence-electron chi connectivity index (χ4n) is 6.24. The van der Waals surface area contributed by atoms with Gasteiger partial charge in [0.05, 0.1) is 0 Å². The molecule has 224 valence electrons. The predicted molar refractivity (Wildman–Crippen MR) is 176 cm³/mol. The molecule has 44 heavy (non-hydrogen) atoms. The van der Waals surface area contributed by atoms with Crippen LogP contribution in [0.25, 0.3) is 27.9 Å². The van der Waals surface area contributed by atoms with Crippen LogP contribution in [0.15, 0.2) is 99.7 Å². The van der Waals surface area contributed by atoms with E-state index >= 15 is 0 Å². The molecule has 0 spiro atoms. The number of carbonyl (C=O) groups excluding carboxylic acids is 2. The largest absolute Gasteiger partial charge is 0.427 e. The summed E-state index contributed by atoms with van der Waals surface area (Å²) in [6, 6.07) is 26.5. The van der Waals surface area contributed by atoms with Gasteiger partial charge in [-0.05, 0) is 67.3 Å². The average Bonchev–Trinajstić information content (AvgIpc) is 3.60. The van der Waals surface area contributed by atoms with Crippen molar-refractivity contribution in [1.82, 2.24) is 9.47 Å². The molecule has 3 heterocycles. The summed E-state index contributed by atoms with van der Waals surface area (Å²) in [5.74, 6) is -0.230. The summed E-state index contributed by atoms with van der Waals surface area (Å²) in [7, 11) is 0. The van der Waals surface area contributed by atoms with Crippen LogP contribution in [0.4, 0.5) is 5.69 Å². The van der Waals surface area contributed by atoms with E-state index in [9.17, 15) is 14.4 Å². The maximum atomic E-state index is 13.9. The molecular formula is C37H37N3O4. The fourth-order valence-corrected chi connectivity index (χ4v) is 6.24. The van der Waals surface area contributed by atoms with Gasteiger partial charge in [0.1, 0.15) is 17.4 Å². The minimum atomic E-state index is -0.784. The molecule has 1 N–H and O–H groups in total. The molecule has 2 aromatic heterocycles. The number of benzene rings is 3. The first-order chi connectivity index (χ1) is 21.5. The van der Waals surface area contributed by atoms with Crippen molar-refractivity contribution >= 4 is 45.4 Å². The van der Waals surface area contributed by atoms with E-state index < -0.39 is 17.6 Å². The molecule has 0 unspecified atom stereocenters. The van der Waals surface area contributed by atoms with Crippen LogP contribution in [0.2, 0.25) is 0 Å². The summed E-state index contributed by atoms with van der Waals surface area (Å²) in [6.07, 6.45) is 6.05. The van der Waals surface area contributed by atoms with Gasteiger partial charge < -0.3 is 19.2 Å². The fraction of sp³-hybridized carbons (Fsp3) is 0.270. The first-order valence-corrected chi connectivity index (χ1v) is 15.5. The van der Waals surface area contributed by atoms with Gasteiger partial charge in [-0.15, -0.1) is 0 Å². The molecule has 6 rings (SSSR count). The highest BCUT2D eigenvalue weighted by Gasteiger charge is 2.38. The predicted octanol–water partition coefficient (Wildman–Crippen LogP) is 7.44. The molecule has 0 bridgehead atoms. The lowest BCUT2D eigenvalue weighted by Gasteiger charge is -2.23. The van der Waals surface area contributed by atoms with Gasteiger partial charge in [-0.1, -0.05) is 74.4 Å². The number of aromatic nitrogens is 1. The van der Waals surface area contributed by atoms with Gasteiger partial charge >= 0.3 is 5.63 Å². The van der Waals surface area contributed by atoms with Gasteiger partial charge in [0.2, 0.25) is 5.91 Å². The standard InChI is InChI=1S/C37H37N3O4/c1-3-5-7-14-28-18-19-30(37(43)44-28)36(42)40-24-26(21-25-12-8-6-9-13-25)22-34(40)35(41)38-27-17-20-33-31(23-27)29-15-10-11-16-32(29)39(33)4-2/h6,8-13,15-21,23,34H,3-5,7,14,22,24H2,1-2H3,(H,38,41)/b26-21+/t34-/m0/s1. The number of anilines is 1. The minimum absolute atomic E-state index is 0.0585. The topological polar surface area (TPSA) is 84.5 Å². The van der Waals surface area contributed by atoms with Crippen molar-refractivity contribution in [3.63, 3.8) is 0 Å². The summed E-state index contributed by atoms with van der Waals surface area (Å²) in [5.41, 5.74) is 4.11. The van der Waals surface area contributed by atoms with E-state index in [-0.39, 0.29) is 18.0 Å². The average molecular weight is 588 g/mol. The second-order valence-electron chi connectivity index (χ2n) is 11.4. The second-order valence-corrected chi connectivity index (χ2v) is 11.4. The lowest BCUT2D eigenvalue weighted by Crippen LogP contribution is -2.44. The van der Waals surface area contributed by atoms with Crippen LogP contribution >= 0.6 is 0 Å². The highest BCUT2D eigenvalue weighted by Crippen LogP contribution is 2.32. The van der Waals surface area contributed by atoms with Crippen LogP contribution in [0.5, 0.6) is 0 Å². The number of nitrogens with one attached hydrogen (secondary N) is 1. The molecule has 0 saturated carbocycles. The molecule has 1 atom stereocenters. The minimum Gasteiger partial charge on any atom is -0.427 e. The van der Waals surface area contributed by atoms with Crippen molar-refractivity contribution in [2.75, 3.05) is 11.9 Å². The third-order valence-corrected chi connectivity index (χ3v) is 8.43. The van der Waals surface area contributed by atoms with Crippen molar-refractivity contribution in [3.8, 4) is 0 Å².